The summed E-state index contributed by atoms with van der Waals surface area (Å²) in [4.78, 5) is 42.0. The summed E-state index contributed by atoms with van der Waals surface area (Å²) in [5, 5.41) is 15.3. The molecule has 6 rings (SSSR count). The molecule has 0 saturated carbocycles. The van der Waals surface area contributed by atoms with Crippen LogP contribution in [0.25, 0.3) is 0 Å². The molecule has 36 heavy (non-hydrogen) atoms. The van der Waals surface area contributed by atoms with Crippen molar-refractivity contribution in [3.05, 3.63) is 88.4 Å². The van der Waals surface area contributed by atoms with E-state index >= 15 is 0 Å². The maximum Gasteiger partial charge on any atom is 0.250 e. The number of rotatable bonds is 3. The van der Waals surface area contributed by atoms with Gasteiger partial charge in [-0.3, -0.25) is 19.7 Å². The Hall–Kier alpha value is -3.82. The molecule has 7 nitrogen and oxygen atoms in total. The average Bonchev–Trinajstić information content (AvgIpc) is 3.42. The summed E-state index contributed by atoms with van der Waals surface area (Å²) in [5.41, 5.74) is -0.253. The molecule has 2 fully saturated rings. The fraction of sp³-hybridized carbons (Fsp3) is 0.192. The Morgan fingerprint density at radius 3 is 2.44 bits per heavy atom. The van der Waals surface area contributed by atoms with Gasteiger partial charge in [0.1, 0.15) is 22.9 Å². The second-order valence-corrected chi connectivity index (χ2v) is 9.59. The molecule has 3 N–H and O–H groups in total. The van der Waals surface area contributed by atoms with Crippen LogP contribution in [-0.2, 0) is 26.3 Å². The summed E-state index contributed by atoms with van der Waals surface area (Å²) in [6, 6.07) is 13.0. The van der Waals surface area contributed by atoms with Crippen LogP contribution in [0.5, 0.6) is 5.75 Å². The zero-order valence-electron chi connectivity index (χ0n) is 18.5. The van der Waals surface area contributed by atoms with Crippen LogP contribution < -0.4 is 15.5 Å². The van der Waals surface area contributed by atoms with Crippen LogP contribution in [0, 0.1) is 23.5 Å². The van der Waals surface area contributed by atoms with E-state index in [1.54, 1.807) is 12.1 Å². The lowest BCUT2D eigenvalue weighted by atomic mass is 9.76. The summed E-state index contributed by atoms with van der Waals surface area (Å²) < 4.78 is 28.1. The quantitative estimate of drug-likeness (QED) is 0.470. The summed E-state index contributed by atoms with van der Waals surface area (Å²) in [7, 11) is 0. The molecule has 4 atom stereocenters. The Balaban J connectivity index is 1.50. The first-order valence-electron chi connectivity index (χ1n) is 11.2. The first-order valence-corrected chi connectivity index (χ1v) is 11.6. The number of carbonyl (C=O) groups is 3. The molecule has 0 radical (unpaired) electrons. The van der Waals surface area contributed by atoms with Crippen molar-refractivity contribution in [2.24, 2.45) is 11.8 Å². The van der Waals surface area contributed by atoms with Crippen molar-refractivity contribution in [2.45, 2.75) is 18.0 Å². The van der Waals surface area contributed by atoms with Gasteiger partial charge in [-0.1, -0.05) is 23.7 Å². The second-order valence-electron chi connectivity index (χ2n) is 9.19. The summed E-state index contributed by atoms with van der Waals surface area (Å²) in [6.45, 7) is 0. The molecule has 2 unspecified atom stereocenters. The molecular weight excluding hydrogens is 492 g/mol. The summed E-state index contributed by atoms with van der Waals surface area (Å²) in [5.74, 6) is -5.19. The molecule has 3 aliphatic rings. The molecule has 1 spiro atoms. The van der Waals surface area contributed by atoms with Crippen LogP contribution in [0.2, 0.25) is 5.02 Å². The van der Waals surface area contributed by atoms with Crippen molar-refractivity contribution in [1.82, 2.24) is 5.32 Å². The number of nitrogens with zero attached hydrogens (tertiary/aromatic N) is 1. The molecule has 2 saturated heterocycles. The van der Waals surface area contributed by atoms with Gasteiger partial charge in [0.2, 0.25) is 17.7 Å². The number of phenols is 1. The van der Waals surface area contributed by atoms with Crippen LogP contribution in [0.1, 0.15) is 11.1 Å². The third kappa shape index (κ3) is 3.09. The van der Waals surface area contributed by atoms with Gasteiger partial charge in [-0.05, 0) is 60.5 Å². The molecule has 3 heterocycles. The SMILES string of the molecule is O=C1[C@H]2C(Cc3ccc(O)cc3)NC3(C(=O)Nc4ccc(F)cc43)[C@H]2C(=O)N1c1ccc(F)c(Cl)c1. The third-order valence-corrected chi connectivity index (χ3v) is 7.52. The second kappa shape index (κ2) is 7.84. The average molecular weight is 510 g/mol. The number of nitrogens with one attached hydrogen (secondary N) is 2. The monoisotopic (exact) mass is 509 g/mol. The molecule has 0 aliphatic carbocycles. The Morgan fingerprint density at radius 1 is 0.972 bits per heavy atom. The van der Waals surface area contributed by atoms with Crippen LogP contribution in [0.3, 0.4) is 0 Å². The lowest BCUT2D eigenvalue weighted by Crippen LogP contribution is -2.53. The Morgan fingerprint density at radius 2 is 1.72 bits per heavy atom. The topological polar surface area (TPSA) is 98.7 Å². The van der Waals surface area contributed by atoms with Gasteiger partial charge >= 0.3 is 0 Å². The van der Waals surface area contributed by atoms with E-state index in [-0.39, 0.29) is 28.4 Å². The number of hydrogen-bond donors (Lipinski definition) is 3. The Labute approximate surface area is 208 Å². The predicted octanol–water partition coefficient (Wildman–Crippen LogP) is 3.49. The van der Waals surface area contributed by atoms with Gasteiger partial charge in [0.15, 0.2) is 0 Å². The van der Waals surface area contributed by atoms with E-state index in [2.05, 4.69) is 10.6 Å². The molecule has 3 amide bonds. The molecule has 10 heteroatoms. The van der Waals surface area contributed by atoms with E-state index in [0.29, 0.717) is 5.69 Å². The van der Waals surface area contributed by atoms with Crippen molar-refractivity contribution in [2.75, 3.05) is 10.2 Å². The first-order chi connectivity index (χ1) is 17.2. The van der Waals surface area contributed by atoms with E-state index in [1.165, 1.54) is 42.5 Å². The van der Waals surface area contributed by atoms with Crippen molar-refractivity contribution in [1.29, 1.82) is 0 Å². The Bertz CT molecular complexity index is 1460. The third-order valence-electron chi connectivity index (χ3n) is 7.23. The number of amides is 3. The molecule has 3 aliphatic heterocycles. The van der Waals surface area contributed by atoms with E-state index < -0.39 is 52.8 Å². The molecule has 182 valence electrons. The maximum absolute atomic E-state index is 14.3. The van der Waals surface area contributed by atoms with Crippen molar-refractivity contribution in [3.8, 4) is 5.75 Å². The fourth-order valence-electron chi connectivity index (χ4n) is 5.71. The zero-order chi connectivity index (χ0) is 25.4. The number of anilines is 2. The van der Waals surface area contributed by atoms with E-state index in [4.69, 9.17) is 11.6 Å². The Kier molecular flexibility index (Phi) is 4.93. The van der Waals surface area contributed by atoms with Gasteiger partial charge in [-0.25, -0.2) is 13.7 Å². The number of hydrogen-bond acceptors (Lipinski definition) is 5. The van der Waals surface area contributed by atoms with Gasteiger partial charge in [0.25, 0.3) is 0 Å². The van der Waals surface area contributed by atoms with Gasteiger partial charge in [-0.2, -0.15) is 0 Å². The van der Waals surface area contributed by atoms with Crippen LogP contribution in [0.15, 0.2) is 60.7 Å². The van der Waals surface area contributed by atoms with Gasteiger partial charge in [0, 0.05) is 17.3 Å². The minimum Gasteiger partial charge on any atom is -0.508 e. The standard InChI is InChI=1S/C26H18ClF2N3O4/c27-17-11-14(4-7-18(17)29)32-23(34)21-20(9-12-1-5-15(33)6-2-12)31-26(22(21)24(32)35)16-10-13(28)3-8-19(16)30-25(26)36/h1-8,10-11,20-22,31,33H,9H2,(H,30,36)/t20?,21-,22+,26?/m0/s1. The minimum absolute atomic E-state index is 0.0681. The molecule has 3 aromatic rings. The number of phenolic OH excluding ortho intramolecular Hbond substituents is 1. The summed E-state index contributed by atoms with van der Waals surface area (Å²) >= 11 is 5.92. The highest BCUT2D eigenvalue weighted by molar-refractivity contribution is 6.32. The highest BCUT2D eigenvalue weighted by Gasteiger charge is 2.70. The molecule has 0 bridgehead atoms. The zero-order valence-corrected chi connectivity index (χ0v) is 19.2. The molecule has 3 aromatic carbocycles. The van der Waals surface area contributed by atoms with Gasteiger partial charge in [-0.15, -0.1) is 0 Å². The number of carbonyl (C=O) groups excluding carboxylic acids is 3. The lowest BCUT2D eigenvalue weighted by molar-refractivity contribution is -0.130. The number of fused-ring (bicyclic) bond motifs is 4. The van der Waals surface area contributed by atoms with Crippen LogP contribution in [-0.4, -0.2) is 28.9 Å². The maximum atomic E-state index is 14.3. The molecular formula is C26H18ClF2N3O4. The van der Waals surface area contributed by atoms with E-state index in [9.17, 15) is 28.3 Å². The smallest absolute Gasteiger partial charge is 0.250 e. The van der Waals surface area contributed by atoms with Crippen molar-refractivity contribution in [3.63, 3.8) is 0 Å². The minimum atomic E-state index is -1.69. The van der Waals surface area contributed by atoms with Crippen LogP contribution in [0.4, 0.5) is 20.2 Å². The first kappa shape index (κ1) is 22.6. The molecule has 0 aromatic heterocycles. The van der Waals surface area contributed by atoms with E-state index in [0.717, 1.165) is 16.5 Å². The fourth-order valence-corrected chi connectivity index (χ4v) is 5.89. The largest absolute Gasteiger partial charge is 0.508 e. The van der Waals surface area contributed by atoms with Crippen LogP contribution >= 0.6 is 11.6 Å². The summed E-state index contributed by atoms with van der Waals surface area (Å²) in [6.07, 6.45) is 0.248. The normalized spacial score (nSPS) is 26.5. The number of aromatic hydroxyl groups is 1. The number of benzene rings is 3. The number of halogens is 3. The van der Waals surface area contributed by atoms with E-state index in [1.807, 2.05) is 0 Å². The predicted molar refractivity (Wildman–Crippen MR) is 126 cm³/mol. The number of imide groups is 1. The highest BCUT2D eigenvalue weighted by atomic mass is 35.5. The van der Waals surface area contributed by atoms with Crippen molar-refractivity contribution >= 4 is 40.7 Å². The lowest BCUT2D eigenvalue weighted by Gasteiger charge is -2.29. The van der Waals surface area contributed by atoms with Crippen molar-refractivity contribution < 1.29 is 28.3 Å². The highest BCUT2D eigenvalue weighted by Crippen LogP contribution is 2.54. The van der Waals surface area contributed by atoms with Gasteiger partial charge in [0.05, 0.1) is 22.5 Å². The van der Waals surface area contributed by atoms with Gasteiger partial charge < -0.3 is 10.4 Å².